The first-order valence-electron chi connectivity index (χ1n) is 11.9. The molecule has 1 saturated carbocycles. The molecule has 3 rings (SSSR count). The third-order valence-corrected chi connectivity index (χ3v) is 7.07. The van der Waals surface area contributed by atoms with Crippen LogP contribution in [0.25, 0.3) is 0 Å². The Morgan fingerprint density at radius 3 is 2.44 bits per heavy atom. The lowest BCUT2D eigenvalue weighted by Gasteiger charge is -2.26. The molecule has 0 bridgehead atoms. The van der Waals surface area contributed by atoms with Crippen LogP contribution in [0.15, 0.2) is 34.9 Å². The molecule has 1 aliphatic rings. The third-order valence-electron chi connectivity index (χ3n) is 5.46. The zero-order valence-electron chi connectivity index (χ0n) is 20.9. The van der Waals surface area contributed by atoms with Crippen molar-refractivity contribution in [3.05, 3.63) is 47.6 Å². The second-order valence-electron chi connectivity index (χ2n) is 9.97. The number of ether oxygens (including phenoxy) is 1. The SMILES string of the molecule is CC[C@@H](NC(=O)C(CS(=O)(=O)Cc1ccccc1)NC(=O)OC(C)(C)C)[C@H](O)c1nc(C2CC2)no1. The molecular weight excluding hydrogens is 488 g/mol. The summed E-state index contributed by atoms with van der Waals surface area (Å²) in [6, 6.07) is 6.21. The fourth-order valence-electron chi connectivity index (χ4n) is 3.51. The van der Waals surface area contributed by atoms with Crippen LogP contribution in [0.3, 0.4) is 0 Å². The number of carbonyl (C=O) groups excluding carboxylic acids is 2. The van der Waals surface area contributed by atoms with Crippen molar-refractivity contribution in [2.24, 2.45) is 0 Å². The van der Waals surface area contributed by atoms with Gasteiger partial charge in [0.15, 0.2) is 21.8 Å². The summed E-state index contributed by atoms with van der Waals surface area (Å²) in [5.74, 6) is -1.04. The summed E-state index contributed by atoms with van der Waals surface area (Å²) in [4.78, 5) is 29.8. The Bertz CT molecular complexity index is 1140. The fraction of sp³-hybridized carbons (Fsp3) is 0.583. The van der Waals surface area contributed by atoms with Gasteiger partial charge in [-0.2, -0.15) is 4.98 Å². The highest BCUT2D eigenvalue weighted by Gasteiger charge is 2.35. The van der Waals surface area contributed by atoms with Crippen molar-refractivity contribution in [3.8, 4) is 0 Å². The normalized spacial score (nSPS) is 16.6. The van der Waals surface area contributed by atoms with Crippen molar-refractivity contribution < 1.29 is 32.4 Å². The zero-order valence-corrected chi connectivity index (χ0v) is 21.7. The van der Waals surface area contributed by atoms with Crippen LogP contribution in [-0.4, -0.2) is 59.1 Å². The minimum absolute atomic E-state index is 0.0302. The molecule has 1 aliphatic carbocycles. The van der Waals surface area contributed by atoms with Gasteiger partial charge in [-0.15, -0.1) is 0 Å². The van der Waals surface area contributed by atoms with Crippen LogP contribution in [0.4, 0.5) is 4.79 Å². The third kappa shape index (κ3) is 8.30. The molecule has 3 atom stereocenters. The van der Waals surface area contributed by atoms with E-state index in [1.165, 1.54) is 0 Å². The number of sulfone groups is 1. The minimum Gasteiger partial charge on any atom is -0.444 e. The molecule has 11 nitrogen and oxygen atoms in total. The molecule has 0 aliphatic heterocycles. The lowest BCUT2D eigenvalue weighted by Crippen LogP contribution is -2.54. The molecule has 1 heterocycles. The van der Waals surface area contributed by atoms with E-state index in [9.17, 15) is 23.1 Å². The highest BCUT2D eigenvalue weighted by atomic mass is 32.2. The molecule has 3 N–H and O–H groups in total. The Balaban J connectivity index is 1.74. The fourth-order valence-corrected chi connectivity index (χ4v) is 5.07. The van der Waals surface area contributed by atoms with Gasteiger partial charge in [-0.05, 0) is 45.6 Å². The van der Waals surface area contributed by atoms with Gasteiger partial charge in [0, 0.05) is 5.92 Å². The lowest BCUT2D eigenvalue weighted by atomic mass is 10.1. The van der Waals surface area contributed by atoms with Crippen LogP contribution >= 0.6 is 0 Å². The highest BCUT2D eigenvalue weighted by molar-refractivity contribution is 7.90. The number of amides is 2. The van der Waals surface area contributed by atoms with E-state index in [0.29, 0.717) is 11.4 Å². The molecule has 2 aromatic rings. The molecule has 1 aromatic carbocycles. The smallest absolute Gasteiger partial charge is 0.408 e. The Morgan fingerprint density at radius 2 is 1.86 bits per heavy atom. The molecule has 0 saturated heterocycles. The van der Waals surface area contributed by atoms with E-state index in [1.807, 2.05) is 0 Å². The van der Waals surface area contributed by atoms with Gasteiger partial charge >= 0.3 is 6.09 Å². The topological polar surface area (TPSA) is 161 Å². The van der Waals surface area contributed by atoms with Crippen molar-refractivity contribution in [1.82, 2.24) is 20.8 Å². The van der Waals surface area contributed by atoms with Gasteiger partial charge in [0.1, 0.15) is 11.6 Å². The number of rotatable bonds is 11. The van der Waals surface area contributed by atoms with Gasteiger partial charge in [-0.25, -0.2) is 13.2 Å². The summed E-state index contributed by atoms with van der Waals surface area (Å²) in [6.45, 7) is 6.68. The number of carbonyl (C=O) groups is 2. The molecule has 36 heavy (non-hydrogen) atoms. The van der Waals surface area contributed by atoms with Crippen molar-refractivity contribution in [1.29, 1.82) is 0 Å². The summed E-state index contributed by atoms with van der Waals surface area (Å²) < 4.78 is 36.2. The van der Waals surface area contributed by atoms with Gasteiger partial charge in [-0.1, -0.05) is 42.4 Å². The maximum atomic E-state index is 13.2. The number of aliphatic hydroxyl groups excluding tert-OH is 1. The number of alkyl carbamates (subject to hydrolysis) is 1. The first kappa shape index (κ1) is 27.6. The summed E-state index contributed by atoms with van der Waals surface area (Å²) in [5.41, 5.74) is -0.299. The molecule has 198 valence electrons. The largest absolute Gasteiger partial charge is 0.444 e. The molecule has 0 spiro atoms. The van der Waals surface area contributed by atoms with Gasteiger partial charge in [0.05, 0.1) is 17.5 Å². The average Bonchev–Trinajstić information content (AvgIpc) is 3.51. The second-order valence-corrected chi connectivity index (χ2v) is 12.1. The molecule has 1 unspecified atom stereocenters. The second kappa shape index (κ2) is 11.4. The van der Waals surface area contributed by atoms with E-state index >= 15 is 0 Å². The number of aliphatic hydroxyl groups is 1. The number of hydrogen-bond acceptors (Lipinski definition) is 9. The van der Waals surface area contributed by atoms with E-state index in [-0.39, 0.29) is 24.0 Å². The minimum atomic E-state index is -3.82. The molecular formula is C24H34N4O7S. The van der Waals surface area contributed by atoms with Crippen molar-refractivity contribution >= 4 is 21.8 Å². The maximum Gasteiger partial charge on any atom is 0.408 e. The first-order chi connectivity index (χ1) is 16.9. The van der Waals surface area contributed by atoms with Crippen LogP contribution in [0, 0.1) is 0 Å². The molecule has 12 heteroatoms. The van der Waals surface area contributed by atoms with Crippen LogP contribution < -0.4 is 10.6 Å². The number of nitrogens with one attached hydrogen (secondary N) is 2. The predicted octanol–water partition coefficient (Wildman–Crippen LogP) is 2.38. The van der Waals surface area contributed by atoms with Crippen LogP contribution in [0.1, 0.15) is 76.3 Å². The Morgan fingerprint density at radius 1 is 1.19 bits per heavy atom. The predicted molar refractivity (Wildman–Crippen MR) is 131 cm³/mol. The van der Waals surface area contributed by atoms with Crippen molar-refractivity contribution in [3.63, 3.8) is 0 Å². The standard InChI is InChI=1S/C24H34N4O7S/c1-5-17(19(29)22-27-20(28-35-22)16-11-12-16)25-21(30)18(26-23(31)34-24(2,3)4)14-36(32,33)13-15-9-7-6-8-10-15/h6-10,16-19,29H,5,11-14H2,1-4H3,(H,25,30)(H,26,31)/t17-,18?,19+/m1/s1. The van der Waals surface area contributed by atoms with E-state index in [4.69, 9.17) is 9.26 Å². The van der Waals surface area contributed by atoms with E-state index in [1.54, 1.807) is 58.0 Å². The summed E-state index contributed by atoms with van der Waals surface area (Å²) in [5, 5.41) is 19.6. The van der Waals surface area contributed by atoms with Crippen molar-refractivity contribution in [2.75, 3.05) is 5.75 Å². The van der Waals surface area contributed by atoms with Gasteiger partial charge in [0.2, 0.25) is 5.91 Å². The molecule has 0 radical (unpaired) electrons. The Kier molecular flexibility index (Phi) is 8.72. The van der Waals surface area contributed by atoms with Gasteiger partial charge < -0.3 is 25.0 Å². The number of aromatic nitrogens is 2. The van der Waals surface area contributed by atoms with E-state index in [0.717, 1.165) is 12.8 Å². The highest BCUT2D eigenvalue weighted by Crippen LogP contribution is 2.38. The van der Waals surface area contributed by atoms with Gasteiger partial charge in [-0.3, -0.25) is 4.79 Å². The summed E-state index contributed by atoms with van der Waals surface area (Å²) in [7, 11) is -3.82. The quantitative estimate of drug-likeness (QED) is 0.402. The first-order valence-corrected chi connectivity index (χ1v) is 13.7. The van der Waals surface area contributed by atoms with Crippen molar-refractivity contribution in [2.45, 2.75) is 82.4 Å². The number of benzene rings is 1. The summed E-state index contributed by atoms with van der Waals surface area (Å²) >= 11 is 0. The lowest BCUT2D eigenvalue weighted by molar-refractivity contribution is -0.124. The zero-order chi connectivity index (χ0) is 26.5. The monoisotopic (exact) mass is 522 g/mol. The molecule has 2 amide bonds. The van der Waals surface area contributed by atoms with Gasteiger partial charge in [0.25, 0.3) is 5.89 Å². The Hall–Kier alpha value is -2.99. The number of nitrogens with zero attached hydrogens (tertiary/aromatic N) is 2. The molecule has 1 fully saturated rings. The van der Waals surface area contributed by atoms with Crippen LogP contribution in [0.5, 0.6) is 0 Å². The van der Waals surface area contributed by atoms with E-state index < -0.39 is 51.4 Å². The van der Waals surface area contributed by atoms with Crippen LogP contribution in [-0.2, 0) is 25.1 Å². The Labute approximate surface area is 210 Å². The molecule has 1 aromatic heterocycles. The van der Waals surface area contributed by atoms with Crippen LogP contribution in [0.2, 0.25) is 0 Å². The maximum absolute atomic E-state index is 13.2. The average molecular weight is 523 g/mol. The summed E-state index contributed by atoms with van der Waals surface area (Å²) in [6.07, 6.45) is -0.0415. The number of hydrogen-bond donors (Lipinski definition) is 3. The van der Waals surface area contributed by atoms with E-state index in [2.05, 4.69) is 20.8 Å².